The summed E-state index contributed by atoms with van der Waals surface area (Å²) in [5.74, 6) is 3.31. The van der Waals surface area contributed by atoms with Crippen molar-refractivity contribution in [3.8, 4) is 28.2 Å². The van der Waals surface area contributed by atoms with Crippen LogP contribution in [0.5, 0.6) is 0 Å². The number of rotatable bonds is 8. The summed E-state index contributed by atoms with van der Waals surface area (Å²) in [6.45, 7) is 2.99. The lowest BCUT2D eigenvalue weighted by atomic mass is 9.96. The molecule has 0 bridgehead atoms. The molecule has 0 radical (unpaired) electrons. The third kappa shape index (κ3) is 6.60. The highest BCUT2D eigenvalue weighted by Gasteiger charge is 2.30. The van der Waals surface area contributed by atoms with Crippen LogP contribution in [0.1, 0.15) is 59.6 Å². The van der Waals surface area contributed by atoms with Crippen LogP contribution in [-0.4, -0.2) is 36.5 Å². The third-order valence-corrected chi connectivity index (χ3v) is 8.19. The van der Waals surface area contributed by atoms with Gasteiger partial charge in [0.25, 0.3) is 0 Å². The van der Waals surface area contributed by atoms with Gasteiger partial charge in [-0.25, -0.2) is 23.2 Å². The lowest BCUT2D eigenvalue weighted by Gasteiger charge is -2.09. The van der Waals surface area contributed by atoms with Gasteiger partial charge in [-0.1, -0.05) is 22.1 Å². The Balaban J connectivity index is 1.70. The molecule has 41 heavy (non-hydrogen) atoms. The maximum absolute atomic E-state index is 14.7. The van der Waals surface area contributed by atoms with Gasteiger partial charge in [-0.05, 0) is 74.9 Å². The first-order valence-corrected chi connectivity index (χ1v) is 15.0. The molecule has 1 saturated carbocycles. The minimum Gasteiger partial charge on any atom is -0.476 e. The zero-order valence-corrected chi connectivity index (χ0v) is 23.9. The Morgan fingerprint density at radius 3 is 2.59 bits per heavy atom. The number of thiol groups is 1. The number of benzene rings is 2. The number of aromatic nitrogens is 3. The second kappa shape index (κ2) is 11.3. The average Bonchev–Trinajstić information content (AvgIpc) is 3.45. The normalized spacial score (nSPS) is 14.0. The van der Waals surface area contributed by atoms with Gasteiger partial charge in [0.1, 0.15) is 11.4 Å². The fourth-order valence-electron chi connectivity index (χ4n) is 4.36. The van der Waals surface area contributed by atoms with Gasteiger partial charge in [-0.3, -0.25) is 0 Å². The monoisotopic (exact) mass is 597 g/mol. The van der Waals surface area contributed by atoms with Crippen LogP contribution in [0.4, 0.5) is 8.78 Å². The molecule has 1 aliphatic carbocycles. The Morgan fingerprint density at radius 1 is 1.22 bits per heavy atom. The van der Waals surface area contributed by atoms with Crippen molar-refractivity contribution < 1.29 is 28.0 Å². The Hall–Kier alpha value is -3.76. The highest BCUT2D eigenvalue weighted by molar-refractivity contribution is 7.82. The first-order valence-electron chi connectivity index (χ1n) is 12.8. The average molecular weight is 598 g/mol. The fraction of sp³-hybridized carbons (Fsp3) is 0.276. The Labute approximate surface area is 241 Å². The number of hydrogen-bond donors (Lipinski definition) is 3. The van der Waals surface area contributed by atoms with Crippen LogP contribution in [0.25, 0.3) is 16.4 Å². The van der Waals surface area contributed by atoms with Crippen molar-refractivity contribution >= 4 is 28.3 Å². The van der Waals surface area contributed by atoms with Crippen molar-refractivity contribution in [2.45, 2.75) is 50.0 Å². The van der Waals surface area contributed by atoms with Gasteiger partial charge in [-0.2, -0.15) is 5.10 Å². The zero-order chi connectivity index (χ0) is 29.5. The molecule has 0 spiro atoms. The second-order valence-electron chi connectivity index (χ2n) is 10.4. The molecule has 1 aliphatic rings. The quantitative estimate of drug-likeness (QED) is 0.155. The number of carboxylic acid groups (broad SMARTS) is 1. The van der Waals surface area contributed by atoms with Gasteiger partial charge in [-0.15, -0.1) is 16.5 Å². The summed E-state index contributed by atoms with van der Waals surface area (Å²) in [6, 6.07) is 8.71. The van der Waals surface area contributed by atoms with Crippen molar-refractivity contribution in [2.24, 2.45) is 11.1 Å². The molecular weight excluding hydrogens is 570 g/mol. The predicted octanol–water partition coefficient (Wildman–Crippen LogP) is 4.57. The van der Waals surface area contributed by atoms with E-state index >= 15 is 0 Å². The number of thiazole rings is 1. The molecule has 2 aromatic carbocycles. The minimum atomic E-state index is -2.35. The van der Waals surface area contributed by atoms with Gasteiger partial charge < -0.3 is 10.2 Å². The molecular formula is C29H27F2N4O4S2+. The molecule has 12 heteroatoms. The summed E-state index contributed by atoms with van der Waals surface area (Å²) < 4.78 is 42.8. The van der Waals surface area contributed by atoms with E-state index in [9.17, 15) is 28.0 Å². The van der Waals surface area contributed by atoms with Crippen LogP contribution in [-0.2, 0) is 28.0 Å². The van der Waals surface area contributed by atoms with Crippen molar-refractivity contribution in [2.75, 3.05) is 0 Å². The molecule has 0 aliphatic heterocycles. The number of halogens is 2. The van der Waals surface area contributed by atoms with Crippen molar-refractivity contribution in [1.82, 2.24) is 14.8 Å². The fourth-order valence-corrected chi connectivity index (χ4v) is 5.63. The SMILES string of the molecule is CC(C)(O)C#Cc1cc(-c2nn(-c3nc(C(=O)O)cs3)c(CC3CC3)c2Cc2ccc([SH+](N)=O)c(F)c2)ccc1F. The molecule has 2 heterocycles. The number of hydrogen-bond acceptors (Lipinski definition) is 6. The summed E-state index contributed by atoms with van der Waals surface area (Å²) in [5, 5.41) is 31.5. The van der Waals surface area contributed by atoms with E-state index in [4.69, 9.17) is 10.2 Å². The van der Waals surface area contributed by atoms with Crippen molar-refractivity contribution in [3.63, 3.8) is 0 Å². The molecule has 1 unspecified atom stereocenters. The molecule has 212 valence electrons. The minimum absolute atomic E-state index is 0.0680. The number of nitrogens with two attached hydrogens (primary N) is 1. The van der Waals surface area contributed by atoms with Gasteiger partial charge in [0.15, 0.2) is 22.5 Å². The van der Waals surface area contributed by atoms with Gasteiger partial charge >= 0.3 is 5.97 Å². The third-order valence-electron chi connectivity index (χ3n) is 6.53. The van der Waals surface area contributed by atoms with Crippen molar-refractivity contribution in [1.29, 1.82) is 0 Å². The summed E-state index contributed by atoms with van der Waals surface area (Å²) in [7, 11) is -2.35. The summed E-state index contributed by atoms with van der Waals surface area (Å²) in [5.41, 5.74) is 1.75. The Bertz CT molecular complexity index is 1740. The van der Waals surface area contributed by atoms with Crippen LogP contribution >= 0.6 is 11.3 Å². The number of aromatic carboxylic acids is 1. The van der Waals surface area contributed by atoms with Crippen LogP contribution in [0.15, 0.2) is 46.7 Å². The maximum Gasteiger partial charge on any atom is 0.355 e. The van der Waals surface area contributed by atoms with Gasteiger partial charge in [0.2, 0.25) is 10.0 Å². The largest absolute Gasteiger partial charge is 0.476 e. The zero-order valence-electron chi connectivity index (χ0n) is 22.2. The molecule has 2 aromatic heterocycles. The summed E-state index contributed by atoms with van der Waals surface area (Å²) in [4.78, 5) is 15.7. The lowest BCUT2D eigenvalue weighted by molar-refractivity contribution is 0.0691. The van der Waals surface area contributed by atoms with E-state index in [2.05, 4.69) is 16.8 Å². The van der Waals surface area contributed by atoms with E-state index in [1.54, 1.807) is 22.9 Å². The molecule has 1 atom stereocenters. The Morgan fingerprint density at radius 2 is 1.98 bits per heavy atom. The van der Waals surface area contributed by atoms with Crippen molar-refractivity contribution in [3.05, 3.63) is 81.5 Å². The van der Waals surface area contributed by atoms with Crippen LogP contribution in [0.3, 0.4) is 0 Å². The molecule has 1 fully saturated rings. The summed E-state index contributed by atoms with van der Waals surface area (Å²) >= 11 is 1.13. The van der Waals surface area contributed by atoms with E-state index in [0.29, 0.717) is 34.3 Å². The number of carboxylic acids is 1. The predicted molar refractivity (Wildman–Crippen MR) is 152 cm³/mol. The van der Waals surface area contributed by atoms with Crippen LogP contribution < -0.4 is 5.14 Å². The van der Waals surface area contributed by atoms with Gasteiger partial charge in [0, 0.05) is 22.9 Å². The second-order valence-corrected chi connectivity index (χ2v) is 12.4. The first-order chi connectivity index (χ1) is 19.4. The number of carbonyl (C=O) groups is 1. The van der Waals surface area contributed by atoms with E-state index in [0.717, 1.165) is 35.4 Å². The lowest BCUT2D eigenvalue weighted by Crippen LogP contribution is -2.14. The van der Waals surface area contributed by atoms with Crippen LogP contribution in [0, 0.1) is 29.4 Å². The Kier molecular flexibility index (Phi) is 7.89. The first kappa shape index (κ1) is 28.8. The van der Waals surface area contributed by atoms with E-state index in [1.165, 1.54) is 37.4 Å². The van der Waals surface area contributed by atoms with E-state index < -0.39 is 34.2 Å². The number of nitrogens with zero attached hydrogens (tertiary/aromatic N) is 3. The molecule has 0 amide bonds. The highest BCUT2D eigenvalue weighted by atomic mass is 32.2. The van der Waals surface area contributed by atoms with E-state index in [1.807, 2.05) is 0 Å². The van der Waals surface area contributed by atoms with E-state index in [-0.39, 0.29) is 22.6 Å². The smallest absolute Gasteiger partial charge is 0.355 e. The number of aliphatic hydroxyl groups is 1. The molecule has 8 nitrogen and oxygen atoms in total. The van der Waals surface area contributed by atoms with Gasteiger partial charge in [0.05, 0.1) is 17.0 Å². The maximum atomic E-state index is 14.7. The molecule has 5 rings (SSSR count). The molecule has 0 saturated heterocycles. The highest BCUT2D eigenvalue weighted by Crippen LogP contribution is 2.38. The molecule has 4 N–H and O–H groups in total. The molecule has 4 aromatic rings. The van der Waals surface area contributed by atoms with Crippen LogP contribution in [0.2, 0.25) is 0 Å². The summed E-state index contributed by atoms with van der Waals surface area (Å²) in [6.07, 6.45) is 2.91. The standard InChI is InChI=1S/C29H26F2N4O4S2/c1-29(2,38)10-9-18-14-19(6-7-21(18)30)26-20(11-17-5-8-25(41(32)39)22(31)12-17)24(13-16-3-4-16)35(34-26)28-33-23(15-40-28)27(36)37/h5-8,12,14-16,38H,3-4,11,13H2,1-2H3,(H2,32,39)(H,36,37)/p+1. The topological polar surface area (TPSA) is 131 Å².